The van der Waals surface area contributed by atoms with Crippen molar-refractivity contribution in [2.45, 2.75) is 27.4 Å². The van der Waals surface area contributed by atoms with E-state index < -0.39 is 8.03 Å². The normalized spacial score (nSPS) is 12.4. The second-order valence-corrected chi connectivity index (χ2v) is 6.26. The Morgan fingerprint density at radius 2 is 1.58 bits per heavy atom. The van der Waals surface area contributed by atoms with Crippen LogP contribution in [0.3, 0.4) is 0 Å². The van der Waals surface area contributed by atoms with E-state index in [0.29, 0.717) is 6.61 Å². The lowest BCUT2D eigenvalue weighted by Crippen LogP contribution is -2.00. The van der Waals surface area contributed by atoms with Gasteiger partial charge < -0.3 is 4.52 Å². The Morgan fingerprint density at radius 1 is 1.00 bits per heavy atom. The molecule has 0 bridgehead atoms. The Morgan fingerprint density at radius 3 is 2.16 bits per heavy atom. The maximum atomic E-state index is 12.1. The van der Waals surface area contributed by atoms with Gasteiger partial charge >= 0.3 is 0 Å². The second-order valence-electron chi connectivity index (χ2n) is 4.82. The van der Waals surface area contributed by atoms with E-state index in [1.807, 2.05) is 30.3 Å². The molecule has 0 aliphatic heterocycles. The molecule has 0 amide bonds. The van der Waals surface area contributed by atoms with Crippen molar-refractivity contribution in [1.82, 2.24) is 0 Å². The van der Waals surface area contributed by atoms with Gasteiger partial charge in [0.2, 0.25) is 8.03 Å². The highest BCUT2D eigenvalue weighted by Gasteiger charge is 2.07. The van der Waals surface area contributed by atoms with Crippen LogP contribution in [0.5, 0.6) is 0 Å². The van der Waals surface area contributed by atoms with E-state index in [9.17, 15) is 4.57 Å². The summed E-state index contributed by atoms with van der Waals surface area (Å²) < 4.78 is 17.6. The van der Waals surface area contributed by atoms with Gasteiger partial charge in [-0.1, -0.05) is 35.9 Å². The summed E-state index contributed by atoms with van der Waals surface area (Å²) in [7, 11) is -2.16. The highest BCUT2D eigenvalue weighted by molar-refractivity contribution is 7.48. The predicted octanol–water partition coefficient (Wildman–Crippen LogP) is 3.93. The van der Waals surface area contributed by atoms with E-state index in [-0.39, 0.29) is 0 Å². The molecule has 2 rings (SSSR count). The molecular weight excluding hydrogens is 255 g/mol. The third-order valence-corrected chi connectivity index (χ3v) is 4.41. The van der Waals surface area contributed by atoms with E-state index in [0.717, 1.165) is 10.9 Å². The molecule has 1 atom stereocenters. The van der Waals surface area contributed by atoms with Crippen molar-refractivity contribution in [3.8, 4) is 0 Å². The van der Waals surface area contributed by atoms with Crippen LogP contribution in [0.1, 0.15) is 22.3 Å². The molecule has 2 aromatic rings. The van der Waals surface area contributed by atoms with Gasteiger partial charge in [0.1, 0.15) is 0 Å². The van der Waals surface area contributed by atoms with Crippen LogP contribution in [-0.4, -0.2) is 0 Å². The first-order valence-corrected chi connectivity index (χ1v) is 7.68. The van der Waals surface area contributed by atoms with Crippen molar-refractivity contribution in [2.75, 3.05) is 0 Å². The van der Waals surface area contributed by atoms with E-state index in [2.05, 4.69) is 32.9 Å². The largest absolute Gasteiger partial charge is 0.322 e. The number of hydrogen-bond donors (Lipinski definition) is 0. The average molecular weight is 274 g/mol. The third kappa shape index (κ3) is 3.56. The van der Waals surface area contributed by atoms with Crippen molar-refractivity contribution in [2.24, 2.45) is 0 Å². The Balaban J connectivity index is 2.10. The van der Waals surface area contributed by atoms with Crippen LogP contribution in [0.15, 0.2) is 42.5 Å². The van der Waals surface area contributed by atoms with Crippen LogP contribution < -0.4 is 5.30 Å². The van der Waals surface area contributed by atoms with Gasteiger partial charge in [-0.2, -0.15) is 0 Å². The summed E-state index contributed by atoms with van der Waals surface area (Å²) in [6.07, 6.45) is 0. The fourth-order valence-corrected chi connectivity index (χ4v) is 3.14. The molecule has 2 aromatic carbocycles. The molecule has 0 radical (unpaired) electrons. The molecule has 0 aliphatic carbocycles. The topological polar surface area (TPSA) is 26.3 Å². The third-order valence-electron chi connectivity index (χ3n) is 3.20. The van der Waals surface area contributed by atoms with Crippen LogP contribution in [0, 0.1) is 20.8 Å². The Bertz CT molecular complexity index is 568. The number of hydrogen-bond acceptors (Lipinski definition) is 2. The summed E-state index contributed by atoms with van der Waals surface area (Å²) in [4.78, 5) is 0. The average Bonchev–Trinajstić information content (AvgIpc) is 2.38. The molecule has 1 unspecified atom stereocenters. The van der Waals surface area contributed by atoms with E-state index in [1.165, 1.54) is 16.7 Å². The van der Waals surface area contributed by atoms with Crippen molar-refractivity contribution in [1.29, 1.82) is 0 Å². The van der Waals surface area contributed by atoms with Crippen LogP contribution in [-0.2, 0) is 15.7 Å². The van der Waals surface area contributed by atoms with E-state index >= 15 is 0 Å². The first-order valence-electron chi connectivity index (χ1n) is 6.37. The fraction of sp³-hybridized carbons (Fsp3) is 0.250. The molecule has 0 N–H and O–H groups in total. The minimum absolute atomic E-state index is 0.407. The fourth-order valence-electron chi connectivity index (χ4n) is 2.23. The molecule has 3 heteroatoms. The molecule has 0 saturated heterocycles. The standard InChI is InChI=1S/C16H19O2P/c1-12-9-13(2)16(14(3)10-12)11-18-19(17)15-7-5-4-6-8-15/h4-10,19H,11H2,1-3H3. The molecule has 0 spiro atoms. The lowest BCUT2D eigenvalue weighted by atomic mass is 10.0. The van der Waals surface area contributed by atoms with Gasteiger partial charge in [0.05, 0.1) is 6.61 Å². The SMILES string of the molecule is Cc1cc(C)c(CO[PH](=O)c2ccccc2)c(C)c1. The second kappa shape index (κ2) is 6.18. The zero-order valence-electron chi connectivity index (χ0n) is 11.6. The zero-order valence-corrected chi connectivity index (χ0v) is 12.6. The Hall–Kier alpha value is -1.37. The summed E-state index contributed by atoms with van der Waals surface area (Å²) in [5.74, 6) is 0. The lowest BCUT2D eigenvalue weighted by Gasteiger charge is -2.11. The maximum absolute atomic E-state index is 12.1. The van der Waals surface area contributed by atoms with Crippen LogP contribution in [0.4, 0.5) is 0 Å². The predicted molar refractivity (Wildman–Crippen MR) is 80.5 cm³/mol. The van der Waals surface area contributed by atoms with Gasteiger partial charge in [0.15, 0.2) is 0 Å². The summed E-state index contributed by atoms with van der Waals surface area (Å²) in [5, 5.41) is 0.773. The molecular formula is C16H19O2P. The first kappa shape index (κ1) is 14.0. The smallest absolute Gasteiger partial charge is 0.220 e. The van der Waals surface area contributed by atoms with Crippen molar-refractivity contribution in [3.05, 3.63) is 64.7 Å². The quantitative estimate of drug-likeness (QED) is 0.790. The lowest BCUT2D eigenvalue weighted by molar-refractivity contribution is 0.323. The van der Waals surface area contributed by atoms with Gasteiger partial charge in [-0.3, -0.25) is 4.57 Å². The number of rotatable bonds is 4. The summed E-state index contributed by atoms with van der Waals surface area (Å²) in [5.41, 5.74) is 4.77. The molecule has 0 aliphatic rings. The number of aryl methyl sites for hydroxylation is 3. The van der Waals surface area contributed by atoms with Gasteiger partial charge in [-0.05, 0) is 49.6 Å². The van der Waals surface area contributed by atoms with Crippen molar-refractivity contribution >= 4 is 13.3 Å². The molecule has 0 saturated carbocycles. The van der Waals surface area contributed by atoms with Crippen molar-refractivity contribution in [3.63, 3.8) is 0 Å². The maximum Gasteiger partial charge on any atom is 0.220 e. The van der Waals surface area contributed by atoms with Crippen LogP contribution in [0.25, 0.3) is 0 Å². The molecule has 19 heavy (non-hydrogen) atoms. The molecule has 0 fully saturated rings. The van der Waals surface area contributed by atoms with Gasteiger partial charge in [0.25, 0.3) is 0 Å². The van der Waals surface area contributed by atoms with Gasteiger partial charge in [-0.15, -0.1) is 0 Å². The molecule has 2 nitrogen and oxygen atoms in total. The van der Waals surface area contributed by atoms with Crippen LogP contribution in [0.2, 0.25) is 0 Å². The summed E-state index contributed by atoms with van der Waals surface area (Å²) in [6.45, 7) is 6.62. The zero-order chi connectivity index (χ0) is 13.8. The summed E-state index contributed by atoms with van der Waals surface area (Å²) in [6, 6.07) is 13.6. The Kier molecular flexibility index (Phi) is 4.57. The van der Waals surface area contributed by atoms with Crippen molar-refractivity contribution < 1.29 is 9.09 Å². The van der Waals surface area contributed by atoms with Gasteiger partial charge in [-0.25, -0.2) is 0 Å². The molecule has 0 heterocycles. The molecule has 0 aromatic heterocycles. The Labute approximate surface area is 115 Å². The molecule has 100 valence electrons. The highest BCUT2D eigenvalue weighted by atomic mass is 31.1. The highest BCUT2D eigenvalue weighted by Crippen LogP contribution is 2.26. The van der Waals surface area contributed by atoms with Gasteiger partial charge in [0, 0.05) is 5.30 Å². The number of benzene rings is 2. The minimum Gasteiger partial charge on any atom is -0.322 e. The first-order chi connectivity index (χ1) is 9.08. The van der Waals surface area contributed by atoms with E-state index in [1.54, 1.807) is 0 Å². The van der Waals surface area contributed by atoms with E-state index in [4.69, 9.17) is 4.52 Å². The summed E-state index contributed by atoms with van der Waals surface area (Å²) >= 11 is 0. The van der Waals surface area contributed by atoms with Crippen LogP contribution >= 0.6 is 8.03 Å². The monoisotopic (exact) mass is 274 g/mol. The minimum atomic E-state index is -2.16.